The number of aliphatic carboxylic acids is 1. The molecule has 0 radical (unpaired) electrons. The Hall–Kier alpha value is -1.43. The average molecular weight is 267 g/mol. The van der Waals surface area contributed by atoms with E-state index < -0.39 is 18.1 Å². The van der Waals surface area contributed by atoms with Crippen LogP contribution in [-0.2, 0) is 9.53 Å². The van der Waals surface area contributed by atoms with E-state index in [1.807, 2.05) is 18.2 Å². The molecule has 2 atom stereocenters. The minimum absolute atomic E-state index is 0.122. The van der Waals surface area contributed by atoms with Gasteiger partial charge >= 0.3 is 5.97 Å². The standard InChI is InChI=1S/C14H21NO4/c1-19-9-5-8-15-12(10-13(16)17)14(18)11-6-3-2-4-7-11/h2-4,6-7,12,14-15,18H,5,8-10H2,1H3,(H,16,17). The maximum absolute atomic E-state index is 10.9. The number of nitrogens with one attached hydrogen (secondary N) is 1. The lowest BCUT2D eigenvalue weighted by Gasteiger charge is -2.23. The number of carboxylic acid groups (broad SMARTS) is 1. The minimum atomic E-state index is -0.931. The first-order chi connectivity index (χ1) is 9.15. The highest BCUT2D eigenvalue weighted by molar-refractivity contribution is 5.67. The second kappa shape index (κ2) is 8.63. The lowest BCUT2D eigenvalue weighted by molar-refractivity contribution is -0.138. The molecular formula is C14H21NO4. The largest absolute Gasteiger partial charge is 0.481 e. The van der Waals surface area contributed by atoms with Gasteiger partial charge in [0.25, 0.3) is 0 Å². The second-order valence-electron chi connectivity index (χ2n) is 4.36. The molecule has 0 aliphatic carbocycles. The van der Waals surface area contributed by atoms with Crippen molar-refractivity contribution in [3.05, 3.63) is 35.9 Å². The van der Waals surface area contributed by atoms with E-state index in [1.54, 1.807) is 19.2 Å². The number of aliphatic hydroxyl groups is 1. The normalized spacial score (nSPS) is 14.0. The van der Waals surface area contributed by atoms with Gasteiger partial charge < -0.3 is 20.3 Å². The number of carboxylic acids is 1. The Bertz CT molecular complexity index is 369. The van der Waals surface area contributed by atoms with Crippen LogP contribution >= 0.6 is 0 Å². The van der Waals surface area contributed by atoms with E-state index in [0.29, 0.717) is 18.7 Å². The zero-order chi connectivity index (χ0) is 14.1. The molecule has 1 rings (SSSR count). The van der Waals surface area contributed by atoms with Crippen LogP contribution in [-0.4, -0.2) is 42.5 Å². The molecule has 0 saturated carbocycles. The number of hydrogen-bond donors (Lipinski definition) is 3. The van der Waals surface area contributed by atoms with Crippen molar-refractivity contribution >= 4 is 5.97 Å². The summed E-state index contributed by atoms with van der Waals surface area (Å²) >= 11 is 0. The van der Waals surface area contributed by atoms with Crippen molar-refractivity contribution in [3.8, 4) is 0 Å². The van der Waals surface area contributed by atoms with Crippen LogP contribution in [0.3, 0.4) is 0 Å². The van der Waals surface area contributed by atoms with Gasteiger partial charge in [-0.05, 0) is 18.5 Å². The Morgan fingerprint density at radius 2 is 2.05 bits per heavy atom. The molecule has 19 heavy (non-hydrogen) atoms. The van der Waals surface area contributed by atoms with Gasteiger partial charge in [-0.1, -0.05) is 30.3 Å². The van der Waals surface area contributed by atoms with Gasteiger partial charge in [-0.3, -0.25) is 4.79 Å². The van der Waals surface area contributed by atoms with E-state index in [0.717, 1.165) is 6.42 Å². The molecule has 1 aromatic rings. The summed E-state index contributed by atoms with van der Waals surface area (Å²) in [5.41, 5.74) is 0.716. The monoisotopic (exact) mass is 267 g/mol. The number of methoxy groups -OCH3 is 1. The molecule has 0 heterocycles. The Morgan fingerprint density at radius 3 is 2.63 bits per heavy atom. The van der Waals surface area contributed by atoms with Gasteiger partial charge in [0.05, 0.1) is 12.5 Å². The lowest BCUT2D eigenvalue weighted by Crippen LogP contribution is -2.37. The average Bonchev–Trinajstić information content (AvgIpc) is 2.42. The highest BCUT2D eigenvalue weighted by atomic mass is 16.5. The summed E-state index contributed by atoms with van der Waals surface area (Å²) in [6, 6.07) is 8.57. The smallest absolute Gasteiger partial charge is 0.305 e. The molecule has 0 aliphatic heterocycles. The highest BCUT2D eigenvalue weighted by Crippen LogP contribution is 2.18. The predicted octanol–water partition coefficient (Wildman–Crippen LogP) is 1.19. The van der Waals surface area contributed by atoms with Crippen molar-refractivity contribution in [1.29, 1.82) is 0 Å². The highest BCUT2D eigenvalue weighted by Gasteiger charge is 2.22. The van der Waals surface area contributed by atoms with Gasteiger partial charge in [0.2, 0.25) is 0 Å². The van der Waals surface area contributed by atoms with Crippen LogP contribution in [0.4, 0.5) is 0 Å². The molecule has 0 spiro atoms. The fraction of sp³-hybridized carbons (Fsp3) is 0.500. The Morgan fingerprint density at radius 1 is 1.37 bits per heavy atom. The van der Waals surface area contributed by atoms with Crippen LogP contribution in [0.25, 0.3) is 0 Å². The minimum Gasteiger partial charge on any atom is -0.481 e. The fourth-order valence-corrected chi connectivity index (χ4v) is 1.87. The maximum atomic E-state index is 10.9. The van der Waals surface area contributed by atoms with Crippen LogP contribution in [0, 0.1) is 0 Å². The maximum Gasteiger partial charge on any atom is 0.305 e. The van der Waals surface area contributed by atoms with E-state index in [1.165, 1.54) is 0 Å². The van der Waals surface area contributed by atoms with E-state index >= 15 is 0 Å². The summed E-state index contributed by atoms with van der Waals surface area (Å²) in [5.74, 6) is -0.931. The van der Waals surface area contributed by atoms with Crippen molar-refractivity contribution < 1.29 is 19.7 Å². The zero-order valence-electron chi connectivity index (χ0n) is 11.1. The first kappa shape index (κ1) is 15.6. The zero-order valence-corrected chi connectivity index (χ0v) is 11.1. The van der Waals surface area contributed by atoms with Gasteiger partial charge in [-0.2, -0.15) is 0 Å². The molecule has 5 nitrogen and oxygen atoms in total. The molecule has 2 unspecified atom stereocenters. The van der Waals surface area contributed by atoms with Crippen LogP contribution < -0.4 is 5.32 Å². The first-order valence-electron chi connectivity index (χ1n) is 6.32. The van der Waals surface area contributed by atoms with E-state index in [2.05, 4.69) is 5.32 Å². The molecule has 0 bridgehead atoms. The van der Waals surface area contributed by atoms with Gasteiger partial charge in [0.1, 0.15) is 0 Å². The third-order valence-corrected chi connectivity index (χ3v) is 2.85. The van der Waals surface area contributed by atoms with Gasteiger partial charge in [-0.25, -0.2) is 0 Å². The number of benzene rings is 1. The number of ether oxygens (including phenoxy) is 1. The molecule has 0 amide bonds. The third kappa shape index (κ3) is 5.83. The van der Waals surface area contributed by atoms with Crippen LogP contribution in [0.2, 0.25) is 0 Å². The third-order valence-electron chi connectivity index (χ3n) is 2.85. The van der Waals surface area contributed by atoms with Crippen molar-refractivity contribution in [2.75, 3.05) is 20.3 Å². The SMILES string of the molecule is COCCCNC(CC(=O)O)C(O)c1ccccc1. The number of aliphatic hydroxyl groups excluding tert-OH is 1. The molecule has 0 aromatic heterocycles. The topological polar surface area (TPSA) is 78.8 Å². The quantitative estimate of drug-likeness (QED) is 0.586. The van der Waals surface area contributed by atoms with Gasteiger partial charge in [0.15, 0.2) is 0 Å². The van der Waals surface area contributed by atoms with E-state index in [9.17, 15) is 9.90 Å². The molecule has 5 heteroatoms. The lowest BCUT2D eigenvalue weighted by atomic mass is 9.99. The van der Waals surface area contributed by atoms with Gasteiger partial charge in [0, 0.05) is 19.8 Å². The number of carbonyl (C=O) groups is 1. The summed E-state index contributed by atoms with van der Waals surface area (Å²) in [7, 11) is 1.62. The predicted molar refractivity (Wildman–Crippen MR) is 71.9 cm³/mol. The summed E-state index contributed by atoms with van der Waals surface area (Å²) in [6.45, 7) is 1.21. The molecule has 1 aromatic carbocycles. The van der Waals surface area contributed by atoms with Crippen molar-refractivity contribution in [2.45, 2.75) is 25.0 Å². The summed E-state index contributed by atoms with van der Waals surface area (Å²) in [4.78, 5) is 10.9. The molecule has 106 valence electrons. The fourth-order valence-electron chi connectivity index (χ4n) is 1.87. The summed E-state index contributed by atoms with van der Waals surface area (Å²) in [6.07, 6.45) is -0.184. The Kier molecular flexibility index (Phi) is 7.10. The first-order valence-corrected chi connectivity index (χ1v) is 6.32. The van der Waals surface area contributed by atoms with Crippen molar-refractivity contribution in [1.82, 2.24) is 5.32 Å². The number of hydrogen-bond acceptors (Lipinski definition) is 4. The van der Waals surface area contributed by atoms with Crippen LogP contribution in [0.5, 0.6) is 0 Å². The molecule has 0 aliphatic rings. The number of rotatable bonds is 9. The van der Waals surface area contributed by atoms with Crippen LogP contribution in [0.15, 0.2) is 30.3 Å². The van der Waals surface area contributed by atoms with E-state index in [4.69, 9.17) is 9.84 Å². The molecular weight excluding hydrogens is 246 g/mol. The van der Waals surface area contributed by atoms with Crippen molar-refractivity contribution in [3.63, 3.8) is 0 Å². The molecule has 3 N–H and O–H groups in total. The van der Waals surface area contributed by atoms with Crippen molar-refractivity contribution in [2.24, 2.45) is 0 Å². The van der Waals surface area contributed by atoms with Gasteiger partial charge in [-0.15, -0.1) is 0 Å². The Labute approximate surface area is 113 Å². The second-order valence-corrected chi connectivity index (χ2v) is 4.36. The van der Waals surface area contributed by atoms with Crippen LogP contribution in [0.1, 0.15) is 24.5 Å². The molecule has 0 fully saturated rings. The Balaban J connectivity index is 2.59. The summed E-state index contributed by atoms with van der Waals surface area (Å²) < 4.78 is 4.93. The molecule has 0 saturated heterocycles. The van der Waals surface area contributed by atoms with E-state index in [-0.39, 0.29) is 6.42 Å². The summed E-state index contributed by atoms with van der Waals surface area (Å²) in [5, 5.41) is 22.2.